The molecule has 1 aliphatic carbocycles. The molecule has 0 saturated heterocycles. The predicted molar refractivity (Wildman–Crippen MR) is 69.0 cm³/mol. The first-order valence-corrected chi connectivity index (χ1v) is 6.85. The molecule has 1 heterocycles. The van der Waals surface area contributed by atoms with Crippen LogP contribution in [0.2, 0.25) is 0 Å². The number of ketones is 1. The summed E-state index contributed by atoms with van der Waals surface area (Å²) in [5.74, 6) is 1.19. The van der Waals surface area contributed by atoms with Crippen LogP contribution in [-0.2, 0) is 17.8 Å². The number of carbonyl (C=O) groups is 1. The first-order chi connectivity index (χ1) is 8.70. The largest absolute Gasteiger partial charge is 0.328 e. The van der Waals surface area contributed by atoms with Crippen molar-refractivity contribution in [2.45, 2.75) is 58.0 Å². The number of nitrogens with two attached hydrogens (primary N) is 1. The van der Waals surface area contributed by atoms with Crippen LogP contribution in [0.25, 0.3) is 0 Å². The van der Waals surface area contributed by atoms with Gasteiger partial charge in [0.2, 0.25) is 0 Å². The third-order valence-corrected chi connectivity index (χ3v) is 3.63. The maximum Gasteiger partial charge on any atom is 0.143 e. The molecule has 1 aromatic heterocycles. The monoisotopic (exact) mass is 250 g/mol. The van der Waals surface area contributed by atoms with Crippen LogP contribution < -0.4 is 5.73 Å². The van der Waals surface area contributed by atoms with E-state index in [1.165, 1.54) is 6.33 Å². The van der Waals surface area contributed by atoms with E-state index in [2.05, 4.69) is 17.0 Å². The normalized spacial score (nSPS) is 24.1. The molecule has 18 heavy (non-hydrogen) atoms. The molecule has 0 radical (unpaired) electrons. The van der Waals surface area contributed by atoms with Gasteiger partial charge in [0, 0.05) is 18.5 Å². The minimum absolute atomic E-state index is 0.125. The van der Waals surface area contributed by atoms with Gasteiger partial charge in [-0.25, -0.2) is 9.67 Å². The van der Waals surface area contributed by atoms with Gasteiger partial charge in [-0.2, -0.15) is 5.10 Å². The Balaban J connectivity index is 1.95. The standard InChI is InChI=1S/C13H22N4O/c1-2-6-17-13(15-9-16-17)8-12(18)10-4-3-5-11(14)7-10/h9-11H,2-8,14H2,1H3. The van der Waals surface area contributed by atoms with E-state index >= 15 is 0 Å². The Morgan fingerprint density at radius 1 is 1.56 bits per heavy atom. The second-order valence-corrected chi connectivity index (χ2v) is 5.17. The molecule has 1 fully saturated rings. The van der Waals surface area contributed by atoms with E-state index in [1.807, 2.05) is 4.68 Å². The zero-order valence-electron chi connectivity index (χ0n) is 11.0. The van der Waals surface area contributed by atoms with Crippen molar-refractivity contribution in [3.05, 3.63) is 12.2 Å². The van der Waals surface area contributed by atoms with E-state index in [0.717, 1.165) is 44.5 Å². The SMILES string of the molecule is CCCn1ncnc1CC(=O)C1CCCC(N)C1. The summed E-state index contributed by atoms with van der Waals surface area (Å²) in [6, 6.07) is 0.196. The molecule has 0 aromatic carbocycles. The molecule has 5 nitrogen and oxygen atoms in total. The van der Waals surface area contributed by atoms with Crippen molar-refractivity contribution >= 4 is 5.78 Å². The Morgan fingerprint density at radius 2 is 2.39 bits per heavy atom. The smallest absolute Gasteiger partial charge is 0.143 e. The average Bonchev–Trinajstić information content (AvgIpc) is 2.77. The zero-order valence-corrected chi connectivity index (χ0v) is 11.0. The highest BCUT2D eigenvalue weighted by molar-refractivity contribution is 5.82. The van der Waals surface area contributed by atoms with Gasteiger partial charge in [-0.05, 0) is 25.7 Å². The average molecular weight is 250 g/mol. The zero-order chi connectivity index (χ0) is 13.0. The fraction of sp³-hybridized carbons (Fsp3) is 0.769. The second kappa shape index (κ2) is 6.09. The number of nitrogens with zero attached hydrogens (tertiary/aromatic N) is 3. The highest BCUT2D eigenvalue weighted by Gasteiger charge is 2.26. The summed E-state index contributed by atoms with van der Waals surface area (Å²) in [6.45, 7) is 2.92. The molecule has 2 rings (SSSR count). The van der Waals surface area contributed by atoms with Crippen molar-refractivity contribution in [2.24, 2.45) is 11.7 Å². The molecule has 0 amide bonds. The quantitative estimate of drug-likeness (QED) is 0.855. The summed E-state index contributed by atoms with van der Waals surface area (Å²) in [7, 11) is 0. The molecule has 0 spiro atoms. The Hall–Kier alpha value is -1.23. The van der Waals surface area contributed by atoms with E-state index in [-0.39, 0.29) is 17.7 Å². The van der Waals surface area contributed by atoms with Crippen LogP contribution in [0, 0.1) is 5.92 Å². The van der Waals surface area contributed by atoms with Gasteiger partial charge in [0.05, 0.1) is 6.42 Å². The van der Waals surface area contributed by atoms with Gasteiger partial charge in [-0.1, -0.05) is 13.3 Å². The molecule has 2 atom stereocenters. The van der Waals surface area contributed by atoms with Crippen LogP contribution in [0.4, 0.5) is 0 Å². The van der Waals surface area contributed by atoms with Crippen molar-refractivity contribution in [1.29, 1.82) is 0 Å². The Bertz CT molecular complexity index is 401. The summed E-state index contributed by atoms with van der Waals surface area (Å²) in [5, 5.41) is 4.15. The van der Waals surface area contributed by atoms with Crippen LogP contribution >= 0.6 is 0 Å². The molecular formula is C13H22N4O. The van der Waals surface area contributed by atoms with Gasteiger partial charge >= 0.3 is 0 Å². The predicted octanol–water partition coefficient (Wildman–Crippen LogP) is 1.32. The van der Waals surface area contributed by atoms with Gasteiger partial charge in [-0.3, -0.25) is 4.79 Å². The molecule has 1 aliphatic rings. The van der Waals surface area contributed by atoms with Gasteiger partial charge in [0.1, 0.15) is 17.9 Å². The topological polar surface area (TPSA) is 73.8 Å². The summed E-state index contributed by atoms with van der Waals surface area (Å²) < 4.78 is 1.83. The lowest BCUT2D eigenvalue weighted by molar-refractivity contribution is -0.123. The van der Waals surface area contributed by atoms with E-state index in [4.69, 9.17) is 5.73 Å². The van der Waals surface area contributed by atoms with Crippen molar-refractivity contribution < 1.29 is 4.79 Å². The van der Waals surface area contributed by atoms with Crippen LogP contribution in [0.15, 0.2) is 6.33 Å². The van der Waals surface area contributed by atoms with Crippen LogP contribution in [-0.4, -0.2) is 26.6 Å². The van der Waals surface area contributed by atoms with E-state index < -0.39 is 0 Å². The Kier molecular flexibility index (Phi) is 4.47. The second-order valence-electron chi connectivity index (χ2n) is 5.17. The number of aromatic nitrogens is 3. The van der Waals surface area contributed by atoms with E-state index in [0.29, 0.717) is 6.42 Å². The van der Waals surface area contributed by atoms with Gasteiger partial charge in [0.25, 0.3) is 0 Å². The fourth-order valence-electron chi connectivity index (χ4n) is 2.64. The summed E-state index contributed by atoms with van der Waals surface area (Å²) in [5.41, 5.74) is 5.93. The first kappa shape index (κ1) is 13.2. The molecule has 100 valence electrons. The number of Topliss-reactive ketones (excluding diaryl/α,β-unsaturated/α-hetero) is 1. The summed E-state index contributed by atoms with van der Waals surface area (Å²) in [6.07, 6.45) is 6.87. The van der Waals surface area contributed by atoms with Gasteiger partial charge in [0.15, 0.2) is 0 Å². The lowest BCUT2D eigenvalue weighted by Gasteiger charge is -2.25. The van der Waals surface area contributed by atoms with Gasteiger partial charge < -0.3 is 5.73 Å². The third kappa shape index (κ3) is 3.16. The number of aryl methyl sites for hydroxylation is 1. The highest BCUT2D eigenvalue weighted by atomic mass is 16.1. The Labute approximate surface area is 108 Å². The molecule has 5 heteroatoms. The third-order valence-electron chi connectivity index (χ3n) is 3.63. The molecule has 2 N–H and O–H groups in total. The van der Waals surface area contributed by atoms with Crippen LogP contribution in [0.5, 0.6) is 0 Å². The molecule has 0 bridgehead atoms. The number of hydrogen-bond donors (Lipinski definition) is 1. The van der Waals surface area contributed by atoms with Crippen molar-refractivity contribution in [3.63, 3.8) is 0 Å². The molecule has 2 unspecified atom stereocenters. The maximum atomic E-state index is 12.2. The van der Waals surface area contributed by atoms with E-state index in [1.54, 1.807) is 0 Å². The fourth-order valence-corrected chi connectivity index (χ4v) is 2.64. The highest BCUT2D eigenvalue weighted by Crippen LogP contribution is 2.24. The summed E-state index contributed by atoms with van der Waals surface area (Å²) >= 11 is 0. The number of rotatable bonds is 5. The first-order valence-electron chi connectivity index (χ1n) is 6.85. The van der Waals surface area contributed by atoms with Crippen molar-refractivity contribution in [1.82, 2.24) is 14.8 Å². The maximum absolute atomic E-state index is 12.2. The lowest BCUT2D eigenvalue weighted by Crippen LogP contribution is -2.32. The van der Waals surface area contributed by atoms with Crippen LogP contribution in [0.3, 0.4) is 0 Å². The van der Waals surface area contributed by atoms with Crippen molar-refractivity contribution in [3.8, 4) is 0 Å². The minimum Gasteiger partial charge on any atom is -0.328 e. The number of carbonyl (C=O) groups excluding carboxylic acids is 1. The lowest BCUT2D eigenvalue weighted by atomic mass is 9.82. The van der Waals surface area contributed by atoms with E-state index in [9.17, 15) is 4.79 Å². The molecular weight excluding hydrogens is 228 g/mol. The number of hydrogen-bond acceptors (Lipinski definition) is 4. The van der Waals surface area contributed by atoms with Crippen molar-refractivity contribution in [2.75, 3.05) is 0 Å². The van der Waals surface area contributed by atoms with Crippen LogP contribution in [0.1, 0.15) is 44.9 Å². The minimum atomic E-state index is 0.125. The summed E-state index contributed by atoms with van der Waals surface area (Å²) in [4.78, 5) is 16.4. The molecule has 0 aliphatic heterocycles. The molecule has 1 aromatic rings. The Morgan fingerprint density at radius 3 is 3.11 bits per heavy atom. The van der Waals surface area contributed by atoms with Gasteiger partial charge in [-0.15, -0.1) is 0 Å². The molecule has 1 saturated carbocycles.